The number of carbonyl (C=O) groups is 2. The van der Waals surface area contributed by atoms with Crippen LogP contribution in [0.5, 0.6) is 0 Å². The van der Waals surface area contributed by atoms with Gasteiger partial charge in [-0.15, -0.1) is 0 Å². The molecule has 0 saturated carbocycles. The monoisotopic (exact) mass is 343 g/mol. The number of halogens is 1. The van der Waals surface area contributed by atoms with E-state index < -0.39 is 0 Å². The van der Waals surface area contributed by atoms with Gasteiger partial charge in [0.2, 0.25) is 11.8 Å². The minimum absolute atomic E-state index is 0.00834. The van der Waals surface area contributed by atoms with Gasteiger partial charge < -0.3 is 10.2 Å². The Kier molecular flexibility index (Phi) is 5.11. The number of aromatic nitrogens is 1. The molecule has 0 radical (unpaired) electrons. The lowest BCUT2D eigenvalue weighted by Gasteiger charge is -2.16. The van der Waals surface area contributed by atoms with Crippen molar-refractivity contribution in [2.75, 3.05) is 6.54 Å². The Morgan fingerprint density at radius 2 is 1.88 bits per heavy atom. The number of likely N-dealkylation sites (tertiary alicyclic amines) is 1. The zero-order chi connectivity index (χ0) is 16.9. The van der Waals surface area contributed by atoms with Gasteiger partial charge in [0.1, 0.15) is 0 Å². The maximum atomic E-state index is 12.3. The van der Waals surface area contributed by atoms with Crippen LogP contribution in [0.3, 0.4) is 0 Å². The number of pyridine rings is 1. The van der Waals surface area contributed by atoms with Gasteiger partial charge in [-0.3, -0.25) is 14.6 Å². The lowest BCUT2D eigenvalue weighted by atomic mass is 10.1. The smallest absolute Gasteiger partial charge is 0.225 e. The fourth-order valence-corrected chi connectivity index (χ4v) is 2.87. The third-order valence-electron chi connectivity index (χ3n) is 4.09. The number of hydrogen-bond donors (Lipinski definition) is 1. The summed E-state index contributed by atoms with van der Waals surface area (Å²) in [5, 5.41) is 3.56. The molecule has 2 heterocycles. The van der Waals surface area contributed by atoms with Gasteiger partial charge in [0.05, 0.1) is 5.92 Å². The molecule has 1 aromatic heterocycles. The highest BCUT2D eigenvalue weighted by Gasteiger charge is 2.34. The average Bonchev–Trinajstić information content (AvgIpc) is 2.96. The molecule has 3 rings (SSSR count). The summed E-state index contributed by atoms with van der Waals surface area (Å²) in [5.41, 5.74) is 1.99. The maximum Gasteiger partial charge on any atom is 0.225 e. The standard InChI is InChI=1S/C18H18ClN3O2/c19-16-3-1-14(2-4-16)11-22-12-15(9-17(22)23)18(24)21-10-13-5-7-20-8-6-13/h1-8,15H,9-12H2,(H,21,24)/t15-/m0/s1. The van der Waals surface area contributed by atoms with Crippen LogP contribution in [0.15, 0.2) is 48.8 Å². The molecule has 0 aliphatic carbocycles. The van der Waals surface area contributed by atoms with Gasteiger partial charge in [-0.05, 0) is 35.4 Å². The second-order valence-corrected chi connectivity index (χ2v) is 6.31. The Bertz CT molecular complexity index is 719. The molecule has 1 atom stereocenters. The van der Waals surface area contributed by atoms with Crippen molar-refractivity contribution in [2.24, 2.45) is 5.92 Å². The molecule has 0 bridgehead atoms. The summed E-state index contributed by atoms with van der Waals surface area (Å²) >= 11 is 5.87. The number of benzene rings is 1. The van der Waals surface area contributed by atoms with Gasteiger partial charge in [0.15, 0.2) is 0 Å². The van der Waals surface area contributed by atoms with E-state index in [0.717, 1.165) is 11.1 Å². The second kappa shape index (κ2) is 7.45. The molecule has 5 nitrogen and oxygen atoms in total. The van der Waals surface area contributed by atoms with Crippen molar-refractivity contribution >= 4 is 23.4 Å². The minimum Gasteiger partial charge on any atom is -0.352 e. The van der Waals surface area contributed by atoms with Crippen molar-refractivity contribution < 1.29 is 9.59 Å². The number of nitrogens with zero attached hydrogens (tertiary/aromatic N) is 2. The van der Waals surface area contributed by atoms with E-state index in [1.807, 2.05) is 24.3 Å². The summed E-state index contributed by atoms with van der Waals surface area (Å²) in [5.74, 6) is -0.376. The van der Waals surface area contributed by atoms with E-state index in [1.165, 1.54) is 0 Å². The molecular formula is C18H18ClN3O2. The van der Waals surface area contributed by atoms with Crippen LogP contribution in [-0.4, -0.2) is 28.2 Å². The van der Waals surface area contributed by atoms with Crippen LogP contribution in [0.1, 0.15) is 17.5 Å². The molecular weight excluding hydrogens is 326 g/mol. The molecule has 1 aliphatic rings. The molecule has 0 unspecified atom stereocenters. The lowest BCUT2D eigenvalue weighted by molar-refractivity contribution is -0.129. The molecule has 0 spiro atoms. The van der Waals surface area contributed by atoms with E-state index >= 15 is 0 Å². The predicted molar refractivity (Wildman–Crippen MR) is 91.1 cm³/mol. The number of rotatable bonds is 5. The van der Waals surface area contributed by atoms with Crippen LogP contribution in [0.25, 0.3) is 0 Å². The van der Waals surface area contributed by atoms with E-state index in [9.17, 15) is 9.59 Å². The molecule has 1 fully saturated rings. The van der Waals surface area contributed by atoms with Gasteiger partial charge in [-0.2, -0.15) is 0 Å². The van der Waals surface area contributed by atoms with Crippen LogP contribution >= 0.6 is 11.6 Å². The van der Waals surface area contributed by atoms with Gasteiger partial charge in [0, 0.05) is 43.5 Å². The molecule has 1 aliphatic heterocycles. The highest BCUT2D eigenvalue weighted by molar-refractivity contribution is 6.30. The van der Waals surface area contributed by atoms with Gasteiger partial charge in [-0.1, -0.05) is 23.7 Å². The molecule has 124 valence electrons. The summed E-state index contributed by atoms with van der Waals surface area (Å²) < 4.78 is 0. The Morgan fingerprint density at radius 3 is 2.58 bits per heavy atom. The van der Waals surface area contributed by atoms with E-state index in [0.29, 0.717) is 24.7 Å². The molecule has 2 amide bonds. The average molecular weight is 344 g/mol. The van der Waals surface area contributed by atoms with Crippen LogP contribution in [0, 0.1) is 5.92 Å². The summed E-state index contributed by atoms with van der Waals surface area (Å²) in [6.45, 7) is 1.40. The third-order valence-corrected chi connectivity index (χ3v) is 4.34. The lowest BCUT2D eigenvalue weighted by Crippen LogP contribution is -2.32. The number of hydrogen-bond acceptors (Lipinski definition) is 3. The molecule has 1 saturated heterocycles. The van der Waals surface area contributed by atoms with Crippen molar-refractivity contribution in [3.63, 3.8) is 0 Å². The Morgan fingerprint density at radius 1 is 1.17 bits per heavy atom. The molecule has 1 N–H and O–H groups in total. The fraction of sp³-hybridized carbons (Fsp3) is 0.278. The van der Waals surface area contributed by atoms with E-state index in [-0.39, 0.29) is 24.2 Å². The Hall–Kier alpha value is -2.40. The second-order valence-electron chi connectivity index (χ2n) is 5.88. The predicted octanol–water partition coefficient (Wildman–Crippen LogP) is 2.40. The first kappa shape index (κ1) is 16.5. The number of nitrogens with one attached hydrogen (secondary N) is 1. The quantitative estimate of drug-likeness (QED) is 0.906. The largest absolute Gasteiger partial charge is 0.352 e. The zero-order valence-electron chi connectivity index (χ0n) is 13.1. The number of amides is 2. The van der Waals surface area contributed by atoms with Gasteiger partial charge in [0.25, 0.3) is 0 Å². The molecule has 6 heteroatoms. The fourth-order valence-electron chi connectivity index (χ4n) is 2.74. The highest BCUT2D eigenvalue weighted by atomic mass is 35.5. The van der Waals surface area contributed by atoms with Gasteiger partial charge in [-0.25, -0.2) is 0 Å². The third kappa shape index (κ3) is 4.11. The molecule has 2 aromatic rings. The Balaban J connectivity index is 1.53. The van der Waals surface area contributed by atoms with E-state index in [4.69, 9.17) is 11.6 Å². The van der Waals surface area contributed by atoms with Crippen molar-refractivity contribution in [3.8, 4) is 0 Å². The van der Waals surface area contributed by atoms with Crippen molar-refractivity contribution in [1.29, 1.82) is 0 Å². The van der Waals surface area contributed by atoms with Crippen molar-refractivity contribution in [2.45, 2.75) is 19.5 Å². The minimum atomic E-state index is -0.299. The van der Waals surface area contributed by atoms with Crippen LogP contribution in [0.4, 0.5) is 0 Å². The van der Waals surface area contributed by atoms with Gasteiger partial charge >= 0.3 is 0 Å². The topological polar surface area (TPSA) is 62.3 Å². The highest BCUT2D eigenvalue weighted by Crippen LogP contribution is 2.21. The first-order chi connectivity index (χ1) is 11.6. The molecule has 24 heavy (non-hydrogen) atoms. The number of carbonyl (C=O) groups excluding carboxylic acids is 2. The zero-order valence-corrected chi connectivity index (χ0v) is 13.9. The summed E-state index contributed by atoms with van der Waals surface area (Å²) in [6, 6.07) is 11.1. The normalized spacial score (nSPS) is 17.1. The molecule has 1 aromatic carbocycles. The van der Waals surface area contributed by atoms with Crippen LogP contribution in [-0.2, 0) is 22.7 Å². The van der Waals surface area contributed by atoms with Crippen molar-refractivity contribution in [1.82, 2.24) is 15.2 Å². The summed E-state index contributed by atoms with van der Waals surface area (Å²) in [6.07, 6.45) is 3.64. The van der Waals surface area contributed by atoms with E-state index in [1.54, 1.807) is 29.4 Å². The summed E-state index contributed by atoms with van der Waals surface area (Å²) in [4.78, 5) is 30.1. The first-order valence-corrected chi connectivity index (χ1v) is 8.18. The van der Waals surface area contributed by atoms with Crippen molar-refractivity contribution in [3.05, 3.63) is 64.9 Å². The Labute approximate surface area is 145 Å². The van der Waals surface area contributed by atoms with E-state index in [2.05, 4.69) is 10.3 Å². The van der Waals surface area contributed by atoms with Crippen LogP contribution < -0.4 is 5.32 Å². The maximum absolute atomic E-state index is 12.3. The SMILES string of the molecule is O=C(NCc1ccncc1)[C@H]1CC(=O)N(Cc2ccc(Cl)cc2)C1. The summed E-state index contributed by atoms with van der Waals surface area (Å²) in [7, 11) is 0. The van der Waals surface area contributed by atoms with Crippen LogP contribution in [0.2, 0.25) is 5.02 Å². The first-order valence-electron chi connectivity index (χ1n) is 7.80.